The monoisotopic (exact) mass is 220 g/mol. The molecule has 2 atom stereocenters. The molecule has 1 fully saturated rings. The first-order chi connectivity index (χ1) is 6.00. The van der Waals surface area contributed by atoms with Gasteiger partial charge in [0.2, 0.25) is 0 Å². The van der Waals surface area contributed by atoms with E-state index in [2.05, 4.69) is 19.9 Å². The molecule has 13 heavy (non-hydrogen) atoms. The van der Waals surface area contributed by atoms with Crippen LogP contribution in [0.15, 0.2) is 22.9 Å². The van der Waals surface area contributed by atoms with E-state index in [9.17, 15) is 0 Å². The number of ether oxygens (including phenoxy) is 1. The Hall–Kier alpha value is -0.140. The molecule has 0 spiro atoms. The summed E-state index contributed by atoms with van der Waals surface area (Å²) in [6.45, 7) is 4.38. The molecule has 1 aliphatic carbocycles. The minimum atomic E-state index is 0.254. The van der Waals surface area contributed by atoms with Gasteiger partial charge in [-0.25, -0.2) is 0 Å². The Balaban J connectivity index is 2.61. The van der Waals surface area contributed by atoms with Crippen molar-refractivity contribution in [2.75, 3.05) is 7.11 Å². The topological polar surface area (TPSA) is 9.23 Å². The highest BCUT2D eigenvalue weighted by molar-refractivity contribution is 6.55. The third-order valence-corrected chi connectivity index (χ3v) is 2.98. The lowest BCUT2D eigenvalue weighted by molar-refractivity contribution is 0.335. The normalized spacial score (nSPS) is 30.2. The van der Waals surface area contributed by atoms with Gasteiger partial charge in [-0.05, 0) is 29.4 Å². The fraction of sp³-hybridized carbons (Fsp3) is 0.600. The third-order valence-electron chi connectivity index (χ3n) is 2.72. The number of hydrogen-bond donors (Lipinski definition) is 0. The van der Waals surface area contributed by atoms with Crippen molar-refractivity contribution in [3.05, 3.63) is 22.9 Å². The van der Waals surface area contributed by atoms with E-state index in [4.69, 9.17) is 27.9 Å². The van der Waals surface area contributed by atoms with Gasteiger partial charge < -0.3 is 4.74 Å². The summed E-state index contributed by atoms with van der Waals surface area (Å²) in [6.07, 6.45) is 5.66. The van der Waals surface area contributed by atoms with E-state index >= 15 is 0 Å². The molecule has 0 aromatic heterocycles. The van der Waals surface area contributed by atoms with Gasteiger partial charge in [0.25, 0.3) is 0 Å². The Kier molecular flexibility index (Phi) is 3.31. The average molecular weight is 221 g/mol. The molecule has 2 unspecified atom stereocenters. The summed E-state index contributed by atoms with van der Waals surface area (Å²) in [5.74, 6) is 0.920. The molecule has 1 rings (SSSR count). The Labute approximate surface area is 89.4 Å². The molecule has 1 aliphatic rings. The summed E-state index contributed by atoms with van der Waals surface area (Å²) >= 11 is 11.2. The standard InChI is InChI=1S/C10H14Cl2O/c1-10(2)7(4-5-13-3)8(10)6-9(11)12/h4-8H,1-3H3. The molecule has 74 valence electrons. The Morgan fingerprint density at radius 3 is 2.38 bits per heavy atom. The van der Waals surface area contributed by atoms with Crippen LogP contribution in [0.3, 0.4) is 0 Å². The van der Waals surface area contributed by atoms with Gasteiger partial charge in [0.1, 0.15) is 4.49 Å². The van der Waals surface area contributed by atoms with Crippen molar-refractivity contribution in [3.8, 4) is 0 Å². The second-order valence-electron chi connectivity index (χ2n) is 3.89. The van der Waals surface area contributed by atoms with E-state index < -0.39 is 0 Å². The zero-order valence-corrected chi connectivity index (χ0v) is 9.56. The molecule has 0 aliphatic heterocycles. The van der Waals surface area contributed by atoms with Crippen molar-refractivity contribution < 1.29 is 4.74 Å². The lowest BCUT2D eigenvalue weighted by Gasteiger charge is -1.96. The first-order valence-electron chi connectivity index (χ1n) is 4.22. The maximum atomic E-state index is 5.61. The minimum Gasteiger partial charge on any atom is -0.505 e. The van der Waals surface area contributed by atoms with Crippen LogP contribution in [0.1, 0.15) is 13.8 Å². The average Bonchev–Trinajstić information content (AvgIpc) is 2.49. The van der Waals surface area contributed by atoms with Crippen molar-refractivity contribution in [3.63, 3.8) is 0 Å². The Morgan fingerprint density at radius 1 is 1.31 bits per heavy atom. The smallest absolute Gasteiger partial charge is 0.103 e. The van der Waals surface area contributed by atoms with Crippen LogP contribution in [0.4, 0.5) is 0 Å². The van der Waals surface area contributed by atoms with Crippen molar-refractivity contribution >= 4 is 23.2 Å². The molecule has 1 nitrogen and oxygen atoms in total. The molecule has 0 saturated heterocycles. The fourth-order valence-corrected chi connectivity index (χ4v) is 1.97. The predicted octanol–water partition coefficient (Wildman–Crippen LogP) is 3.74. The van der Waals surface area contributed by atoms with Gasteiger partial charge in [-0.2, -0.15) is 0 Å². The molecule has 0 N–H and O–H groups in total. The van der Waals surface area contributed by atoms with Gasteiger partial charge in [0, 0.05) is 0 Å². The quantitative estimate of drug-likeness (QED) is 0.659. The highest BCUT2D eigenvalue weighted by atomic mass is 35.5. The van der Waals surface area contributed by atoms with E-state index in [0.717, 1.165) is 0 Å². The fourth-order valence-electron chi connectivity index (χ4n) is 1.70. The highest BCUT2D eigenvalue weighted by Crippen LogP contribution is 2.60. The maximum absolute atomic E-state index is 5.61. The summed E-state index contributed by atoms with van der Waals surface area (Å²) < 4.78 is 5.23. The Bertz CT molecular complexity index is 239. The van der Waals surface area contributed by atoms with Crippen LogP contribution < -0.4 is 0 Å². The van der Waals surface area contributed by atoms with Crippen molar-refractivity contribution in [1.82, 2.24) is 0 Å². The first kappa shape index (κ1) is 10.9. The summed E-state index contributed by atoms with van der Waals surface area (Å²) in [4.78, 5) is 0. The Morgan fingerprint density at radius 2 is 1.92 bits per heavy atom. The number of methoxy groups -OCH3 is 1. The number of halogens is 2. The summed E-state index contributed by atoms with van der Waals surface area (Å²) in [6, 6.07) is 0. The second-order valence-corrected chi connectivity index (χ2v) is 4.90. The van der Waals surface area contributed by atoms with Crippen LogP contribution in [0.2, 0.25) is 0 Å². The van der Waals surface area contributed by atoms with E-state index in [1.54, 1.807) is 13.4 Å². The molecule has 1 saturated carbocycles. The molecule has 0 aromatic rings. The van der Waals surface area contributed by atoms with Gasteiger partial charge in [-0.3, -0.25) is 0 Å². The van der Waals surface area contributed by atoms with E-state index in [1.807, 2.05) is 6.08 Å². The van der Waals surface area contributed by atoms with Crippen LogP contribution >= 0.6 is 23.2 Å². The minimum absolute atomic E-state index is 0.254. The number of rotatable bonds is 3. The predicted molar refractivity (Wildman–Crippen MR) is 56.7 cm³/mol. The van der Waals surface area contributed by atoms with Crippen LogP contribution in [0, 0.1) is 17.3 Å². The van der Waals surface area contributed by atoms with Crippen LogP contribution in [0.5, 0.6) is 0 Å². The second kappa shape index (κ2) is 3.93. The summed E-state index contributed by atoms with van der Waals surface area (Å²) in [7, 11) is 1.64. The van der Waals surface area contributed by atoms with Crippen LogP contribution in [-0.4, -0.2) is 7.11 Å². The van der Waals surface area contributed by atoms with Gasteiger partial charge >= 0.3 is 0 Å². The molecule has 0 aromatic carbocycles. The lowest BCUT2D eigenvalue weighted by Crippen LogP contribution is -1.87. The number of allylic oxidation sites excluding steroid dienone is 2. The van der Waals surface area contributed by atoms with Crippen molar-refractivity contribution in [2.24, 2.45) is 17.3 Å². The van der Waals surface area contributed by atoms with Crippen molar-refractivity contribution in [2.45, 2.75) is 13.8 Å². The zero-order valence-electron chi connectivity index (χ0n) is 8.05. The highest BCUT2D eigenvalue weighted by Gasteiger charge is 2.54. The van der Waals surface area contributed by atoms with Crippen LogP contribution in [0.25, 0.3) is 0 Å². The molecule has 3 heteroatoms. The number of hydrogen-bond acceptors (Lipinski definition) is 1. The molecular formula is C10H14Cl2O. The van der Waals surface area contributed by atoms with Gasteiger partial charge in [-0.15, -0.1) is 0 Å². The zero-order chi connectivity index (χ0) is 10.1. The lowest BCUT2D eigenvalue weighted by atomic mass is 10.1. The maximum Gasteiger partial charge on any atom is 0.103 e. The van der Waals surface area contributed by atoms with E-state index in [-0.39, 0.29) is 5.41 Å². The first-order valence-corrected chi connectivity index (χ1v) is 4.98. The van der Waals surface area contributed by atoms with E-state index in [1.165, 1.54) is 0 Å². The van der Waals surface area contributed by atoms with Crippen molar-refractivity contribution in [1.29, 1.82) is 0 Å². The van der Waals surface area contributed by atoms with Gasteiger partial charge in [-0.1, -0.05) is 37.0 Å². The molecule has 0 amide bonds. The SMILES string of the molecule is COC=CC1C(C=C(Cl)Cl)C1(C)C. The molecule has 0 bridgehead atoms. The van der Waals surface area contributed by atoms with E-state index in [0.29, 0.717) is 16.3 Å². The summed E-state index contributed by atoms with van der Waals surface area (Å²) in [5, 5.41) is 0. The third kappa shape index (κ3) is 2.41. The molecule has 0 heterocycles. The largest absolute Gasteiger partial charge is 0.505 e. The molecular weight excluding hydrogens is 207 g/mol. The molecule has 0 radical (unpaired) electrons. The summed E-state index contributed by atoms with van der Waals surface area (Å²) in [5.41, 5.74) is 0.254. The van der Waals surface area contributed by atoms with Gasteiger partial charge in [0.05, 0.1) is 13.4 Å². The van der Waals surface area contributed by atoms with Crippen LogP contribution in [-0.2, 0) is 4.74 Å². The van der Waals surface area contributed by atoms with Gasteiger partial charge in [0.15, 0.2) is 0 Å².